The second-order valence-corrected chi connectivity index (χ2v) is 9.89. The Labute approximate surface area is 191 Å². The highest BCUT2D eigenvalue weighted by Crippen LogP contribution is 2.40. The minimum absolute atomic E-state index is 0.370. The summed E-state index contributed by atoms with van der Waals surface area (Å²) in [5.74, 6) is 0.0402. The maximum atomic E-state index is 15.1. The fourth-order valence-electron chi connectivity index (χ4n) is 3.44. The summed E-state index contributed by atoms with van der Waals surface area (Å²) in [5.41, 5.74) is 5.65. The highest BCUT2D eigenvalue weighted by molar-refractivity contribution is 14.1. The predicted molar refractivity (Wildman–Crippen MR) is 133 cm³/mol. The van der Waals surface area contributed by atoms with Crippen LogP contribution in [0, 0.1) is 5.82 Å². The molecule has 0 nitrogen and oxygen atoms in total. The zero-order chi connectivity index (χ0) is 22.1. The van der Waals surface area contributed by atoms with E-state index in [4.69, 9.17) is 0 Å². The first-order valence-corrected chi connectivity index (χ1v) is 10.9. The second-order valence-electron chi connectivity index (χ2n) is 7.86. The summed E-state index contributed by atoms with van der Waals surface area (Å²) in [6, 6.07) is 20.1. The number of hydrogen-bond donors (Lipinski definition) is 0. The average molecular weight is 514 g/mol. The molecule has 0 radical (unpaired) electrons. The highest BCUT2D eigenvalue weighted by atomic mass is 127. The molecule has 0 N–H and O–H groups in total. The quantitative estimate of drug-likeness (QED) is 0.175. The van der Waals surface area contributed by atoms with Crippen molar-refractivity contribution in [1.82, 2.24) is 0 Å². The van der Waals surface area contributed by atoms with Crippen molar-refractivity contribution in [2.75, 3.05) is 0 Å². The molecule has 0 aliphatic heterocycles. The Morgan fingerprint density at radius 2 is 1.43 bits per heavy atom. The molecule has 1 atom stereocenters. The van der Waals surface area contributed by atoms with Crippen LogP contribution in [0.5, 0.6) is 0 Å². The third-order valence-electron chi connectivity index (χ3n) is 5.30. The number of benzene rings is 3. The summed E-state index contributed by atoms with van der Waals surface area (Å²) < 4.78 is 28.1. The van der Waals surface area contributed by atoms with Crippen LogP contribution >= 0.6 is 22.6 Å². The molecule has 0 bridgehead atoms. The van der Waals surface area contributed by atoms with E-state index in [0.29, 0.717) is 33.7 Å². The first kappa shape index (κ1) is 22.4. The van der Waals surface area contributed by atoms with Gasteiger partial charge in [0.25, 0.3) is 0 Å². The zero-order valence-electron chi connectivity index (χ0n) is 17.5. The molecule has 0 saturated carbocycles. The van der Waals surface area contributed by atoms with E-state index in [0.717, 1.165) is 11.1 Å². The smallest absolute Gasteiger partial charge is 0.184 e. The van der Waals surface area contributed by atoms with Crippen LogP contribution in [0.25, 0.3) is 22.3 Å². The van der Waals surface area contributed by atoms with Crippen molar-refractivity contribution in [3.63, 3.8) is 0 Å². The van der Waals surface area contributed by atoms with Gasteiger partial charge in [0.05, 0.1) is 0 Å². The van der Waals surface area contributed by atoms with Crippen LogP contribution in [0.1, 0.15) is 48.9 Å². The van der Waals surface area contributed by atoms with Crippen molar-refractivity contribution >= 4 is 33.7 Å². The van der Waals surface area contributed by atoms with Crippen LogP contribution in [0.4, 0.5) is 8.78 Å². The molecule has 154 valence electrons. The normalized spacial score (nSPS) is 13.2. The van der Waals surface area contributed by atoms with Gasteiger partial charge < -0.3 is 0 Å². The van der Waals surface area contributed by atoms with Gasteiger partial charge in [0, 0.05) is 11.1 Å². The van der Waals surface area contributed by atoms with E-state index in [2.05, 4.69) is 39.1 Å². The second kappa shape index (κ2) is 8.84. The van der Waals surface area contributed by atoms with Gasteiger partial charge in [0.1, 0.15) is 5.82 Å². The molecule has 0 amide bonds. The summed E-state index contributed by atoms with van der Waals surface area (Å²) in [5, 5.41) is 0. The van der Waals surface area contributed by atoms with Crippen molar-refractivity contribution < 1.29 is 8.78 Å². The third-order valence-corrected chi connectivity index (χ3v) is 5.88. The first-order valence-electron chi connectivity index (χ1n) is 9.85. The maximum Gasteiger partial charge on any atom is 0.184 e. The molecule has 0 aliphatic rings. The van der Waals surface area contributed by atoms with Crippen molar-refractivity contribution in [3.05, 3.63) is 108 Å². The van der Waals surface area contributed by atoms with Crippen molar-refractivity contribution in [3.8, 4) is 11.1 Å². The molecule has 3 rings (SSSR count). The zero-order valence-corrected chi connectivity index (χ0v) is 19.6. The highest BCUT2D eigenvalue weighted by Gasteiger charge is 2.25. The third kappa shape index (κ3) is 4.72. The first-order chi connectivity index (χ1) is 14.1. The van der Waals surface area contributed by atoms with Crippen LogP contribution in [0.2, 0.25) is 0 Å². The summed E-state index contributed by atoms with van der Waals surface area (Å²) >= 11 is 1.73. The van der Waals surface area contributed by atoms with E-state index in [1.165, 1.54) is 18.6 Å². The molecule has 3 aromatic carbocycles. The molecular formula is C27H25F2I. The largest absolute Gasteiger partial charge is 0.227 e. The Morgan fingerprint density at radius 1 is 0.867 bits per heavy atom. The molecule has 3 heteroatoms. The van der Waals surface area contributed by atoms with E-state index in [-0.39, 0.29) is 0 Å². The topological polar surface area (TPSA) is 0 Å². The van der Waals surface area contributed by atoms with Crippen LogP contribution in [0.15, 0.2) is 79.9 Å². The molecular weight excluding hydrogens is 489 g/mol. The van der Waals surface area contributed by atoms with Gasteiger partial charge in [-0.15, -0.1) is 0 Å². The SMILES string of the molecule is C=C(C(=C)c1ccc(-c2ccccc2C(C)(F)I)c(F)c1)c1ccc(C(C)C)cc1. The molecule has 0 aromatic heterocycles. The Kier molecular flexibility index (Phi) is 6.61. The van der Waals surface area contributed by atoms with E-state index >= 15 is 4.39 Å². The Balaban J connectivity index is 1.92. The van der Waals surface area contributed by atoms with Gasteiger partial charge >= 0.3 is 0 Å². The molecule has 0 aliphatic carbocycles. The number of alkyl halides is 2. The van der Waals surface area contributed by atoms with Crippen molar-refractivity contribution in [1.29, 1.82) is 0 Å². The summed E-state index contributed by atoms with van der Waals surface area (Å²) in [6.45, 7) is 14.1. The molecule has 0 saturated heterocycles. The lowest BCUT2D eigenvalue weighted by atomic mass is 9.91. The summed E-state index contributed by atoms with van der Waals surface area (Å²) in [4.78, 5) is 0. The summed E-state index contributed by atoms with van der Waals surface area (Å²) in [6.07, 6.45) is 0. The molecule has 0 heterocycles. The van der Waals surface area contributed by atoms with Gasteiger partial charge in [0.15, 0.2) is 3.68 Å². The molecule has 30 heavy (non-hydrogen) atoms. The lowest BCUT2D eigenvalue weighted by Crippen LogP contribution is -2.07. The lowest BCUT2D eigenvalue weighted by Gasteiger charge is -2.18. The van der Waals surface area contributed by atoms with Crippen molar-refractivity contribution in [2.24, 2.45) is 0 Å². The van der Waals surface area contributed by atoms with E-state index in [1.54, 1.807) is 52.9 Å². The van der Waals surface area contributed by atoms with Gasteiger partial charge in [-0.1, -0.05) is 87.7 Å². The van der Waals surface area contributed by atoms with E-state index < -0.39 is 9.49 Å². The number of rotatable bonds is 6. The summed E-state index contributed by atoms with van der Waals surface area (Å²) in [7, 11) is 0. The number of halogens is 3. The fourth-order valence-corrected chi connectivity index (χ4v) is 3.91. The average Bonchev–Trinajstić information content (AvgIpc) is 2.72. The Hall–Kier alpha value is -2.27. The van der Waals surface area contributed by atoms with Gasteiger partial charge in [-0.25, -0.2) is 8.78 Å². The van der Waals surface area contributed by atoms with Crippen LogP contribution in [0.3, 0.4) is 0 Å². The number of allylic oxidation sites excluding steroid dienone is 2. The maximum absolute atomic E-state index is 15.1. The molecule has 3 aromatic rings. The lowest BCUT2D eigenvalue weighted by molar-refractivity contribution is 0.350. The van der Waals surface area contributed by atoms with Gasteiger partial charge in [-0.2, -0.15) is 0 Å². The molecule has 0 spiro atoms. The van der Waals surface area contributed by atoms with Gasteiger partial charge in [-0.3, -0.25) is 0 Å². The fraction of sp³-hybridized carbons (Fsp3) is 0.185. The monoisotopic (exact) mass is 514 g/mol. The predicted octanol–water partition coefficient (Wildman–Crippen LogP) is 8.92. The van der Waals surface area contributed by atoms with Crippen LogP contribution in [-0.2, 0) is 3.68 Å². The Morgan fingerprint density at radius 3 is 2.00 bits per heavy atom. The van der Waals surface area contributed by atoms with Crippen LogP contribution in [-0.4, -0.2) is 0 Å². The Bertz CT molecular complexity index is 1090. The van der Waals surface area contributed by atoms with E-state index in [9.17, 15) is 4.39 Å². The van der Waals surface area contributed by atoms with Gasteiger partial charge in [-0.05, 0) is 74.9 Å². The molecule has 0 fully saturated rings. The minimum Gasteiger partial charge on any atom is -0.227 e. The van der Waals surface area contributed by atoms with Crippen LogP contribution < -0.4 is 0 Å². The minimum atomic E-state index is -1.60. The molecule has 1 unspecified atom stereocenters. The standard InChI is InChI=1S/C27H25F2I/c1-17(2)20-10-12-21(13-11-20)18(3)19(4)22-14-15-24(26(28)16-22)23-8-6-7-9-25(23)27(5,29)30/h6-17H,3-4H2,1-2,5H3. The van der Waals surface area contributed by atoms with Gasteiger partial charge in [0.2, 0.25) is 0 Å². The van der Waals surface area contributed by atoms with Crippen molar-refractivity contribution in [2.45, 2.75) is 30.4 Å². The van der Waals surface area contributed by atoms with E-state index in [1.807, 2.05) is 18.2 Å². The number of hydrogen-bond acceptors (Lipinski definition) is 0.